The molecule has 11 heteroatoms. The molecule has 1 aromatic heterocycles. The van der Waals surface area contributed by atoms with Gasteiger partial charge in [0.05, 0.1) is 12.5 Å². The van der Waals surface area contributed by atoms with Gasteiger partial charge in [-0.15, -0.1) is 0 Å². The predicted molar refractivity (Wildman–Crippen MR) is 71.0 cm³/mol. The van der Waals surface area contributed by atoms with Crippen LogP contribution in [0, 0.1) is 5.92 Å². The number of hydrogen-bond acceptors (Lipinski definition) is 6. The highest BCUT2D eigenvalue weighted by Crippen LogP contribution is 2.35. The number of aromatic amines is 1. The van der Waals surface area contributed by atoms with Gasteiger partial charge in [-0.1, -0.05) is 5.11 Å². The van der Waals surface area contributed by atoms with E-state index in [-0.39, 0.29) is 6.54 Å². The zero-order valence-electron chi connectivity index (χ0n) is 11.2. The van der Waals surface area contributed by atoms with E-state index in [0.717, 1.165) is 16.8 Å². The Bertz CT molecular complexity index is 720. The van der Waals surface area contributed by atoms with Gasteiger partial charge in [-0.2, -0.15) is 0 Å². The van der Waals surface area contributed by atoms with Crippen LogP contribution in [0.1, 0.15) is 12.6 Å². The van der Waals surface area contributed by atoms with Crippen LogP contribution in [0.4, 0.5) is 0 Å². The molecule has 1 saturated heterocycles. The molecular formula is C11H13N5O6. The van der Waals surface area contributed by atoms with Gasteiger partial charge >= 0.3 is 11.7 Å². The molecule has 11 nitrogen and oxygen atoms in total. The number of rotatable bonds is 5. The summed E-state index contributed by atoms with van der Waals surface area (Å²) in [7, 11) is 0. The van der Waals surface area contributed by atoms with Crippen LogP contribution < -0.4 is 11.2 Å². The fourth-order valence-electron chi connectivity index (χ4n) is 2.38. The van der Waals surface area contributed by atoms with Crippen molar-refractivity contribution in [3.05, 3.63) is 43.5 Å². The van der Waals surface area contributed by atoms with E-state index >= 15 is 0 Å². The Balaban J connectivity index is 2.33. The number of aliphatic carboxylic acids is 1. The topological polar surface area (TPSA) is 170 Å². The molecule has 118 valence electrons. The highest BCUT2D eigenvalue weighted by Gasteiger charge is 2.45. The average Bonchev–Trinajstić information content (AvgIpc) is 2.72. The quantitative estimate of drug-likeness (QED) is 0.365. The zero-order chi connectivity index (χ0) is 16.3. The van der Waals surface area contributed by atoms with Crippen LogP contribution in [0.5, 0.6) is 0 Å². The fourth-order valence-corrected chi connectivity index (χ4v) is 2.38. The molecule has 0 spiro atoms. The number of aromatic nitrogens is 2. The largest absolute Gasteiger partial charge is 0.481 e. The lowest BCUT2D eigenvalue weighted by molar-refractivity contribution is -0.141. The number of carboxylic acid groups (broad SMARTS) is 1. The van der Waals surface area contributed by atoms with Gasteiger partial charge in [-0.25, -0.2) is 4.79 Å². The van der Waals surface area contributed by atoms with Crippen molar-refractivity contribution in [3.8, 4) is 0 Å². The first-order chi connectivity index (χ1) is 10.4. The smallest absolute Gasteiger partial charge is 0.330 e. The first-order valence-corrected chi connectivity index (χ1v) is 6.31. The standard InChI is InChI=1S/C11H13N5O6/c12-15-13-4-5-6(3-8(18)19)22-10(9(5)20)16-2-1-7(17)14-11(16)21/h1-2,5-6,9-10,20H,3-4H2,(H,18,19)(H,14,17,21)/t5-,6-,9-,10-/m1/s1. The third-order valence-electron chi connectivity index (χ3n) is 3.38. The maximum Gasteiger partial charge on any atom is 0.330 e. The minimum atomic E-state index is -1.27. The molecule has 0 aromatic carbocycles. The van der Waals surface area contributed by atoms with Crippen LogP contribution in [0.2, 0.25) is 0 Å². The lowest BCUT2D eigenvalue weighted by atomic mass is 9.96. The van der Waals surface area contributed by atoms with Crippen LogP contribution in [0.15, 0.2) is 27.0 Å². The van der Waals surface area contributed by atoms with Crippen LogP contribution in [-0.2, 0) is 9.53 Å². The summed E-state index contributed by atoms with van der Waals surface area (Å²) in [5.74, 6) is -1.94. The van der Waals surface area contributed by atoms with Crippen LogP contribution >= 0.6 is 0 Å². The summed E-state index contributed by atoms with van der Waals surface area (Å²) in [4.78, 5) is 38.2. The van der Waals surface area contributed by atoms with E-state index in [0.29, 0.717) is 0 Å². The molecule has 22 heavy (non-hydrogen) atoms. The van der Waals surface area contributed by atoms with E-state index in [4.69, 9.17) is 15.4 Å². The Morgan fingerprint density at radius 3 is 2.86 bits per heavy atom. The Morgan fingerprint density at radius 2 is 2.27 bits per heavy atom. The third-order valence-corrected chi connectivity index (χ3v) is 3.38. The Hall–Kier alpha value is -2.62. The summed E-state index contributed by atoms with van der Waals surface area (Å²) >= 11 is 0. The molecule has 1 aliphatic rings. The highest BCUT2D eigenvalue weighted by atomic mass is 16.5. The molecule has 1 fully saturated rings. The zero-order valence-corrected chi connectivity index (χ0v) is 11.2. The number of nitrogens with zero attached hydrogens (tertiary/aromatic N) is 4. The first-order valence-electron chi connectivity index (χ1n) is 6.31. The maximum absolute atomic E-state index is 11.7. The van der Waals surface area contributed by atoms with Crippen molar-refractivity contribution in [1.82, 2.24) is 9.55 Å². The predicted octanol–water partition coefficient (Wildman–Crippen LogP) is -0.804. The Kier molecular flexibility index (Phi) is 4.61. The minimum absolute atomic E-state index is 0.176. The molecule has 0 unspecified atom stereocenters. The summed E-state index contributed by atoms with van der Waals surface area (Å²) in [6, 6.07) is 1.07. The van der Waals surface area contributed by atoms with E-state index in [2.05, 4.69) is 10.0 Å². The van der Waals surface area contributed by atoms with E-state index in [1.165, 1.54) is 0 Å². The van der Waals surface area contributed by atoms with Crippen molar-refractivity contribution in [2.45, 2.75) is 24.9 Å². The van der Waals surface area contributed by atoms with Crippen molar-refractivity contribution in [1.29, 1.82) is 0 Å². The molecule has 0 aliphatic carbocycles. The van der Waals surface area contributed by atoms with E-state index in [9.17, 15) is 19.5 Å². The summed E-state index contributed by atoms with van der Waals surface area (Å²) in [6.07, 6.45) is -2.65. The number of azide groups is 1. The normalized spacial score (nSPS) is 27.3. The second kappa shape index (κ2) is 6.43. The average molecular weight is 311 g/mol. The van der Waals surface area contributed by atoms with Gasteiger partial charge in [0, 0.05) is 29.6 Å². The molecule has 0 radical (unpaired) electrons. The number of nitrogens with one attached hydrogen (secondary N) is 1. The van der Waals surface area contributed by atoms with Crippen molar-refractivity contribution in [2.24, 2.45) is 11.0 Å². The lowest BCUT2D eigenvalue weighted by Crippen LogP contribution is -2.36. The van der Waals surface area contributed by atoms with Crippen molar-refractivity contribution < 1.29 is 19.7 Å². The summed E-state index contributed by atoms with van der Waals surface area (Å²) in [5, 5.41) is 22.5. The van der Waals surface area contributed by atoms with Crippen molar-refractivity contribution in [2.75, 3.05) is 6.54 Å². The Morgan fingerprint density at radius 1 is 1.55 bits per heavy atom. The number of carbonyl (C=O) groups is 1. The van der Waals surface area contributed by atoms with Gasteiger partial charge in [-0.05, 0) is 5.53 Å². The monoisotopic (exact) mass is 311 g/mol. The first kappa shape index (κ1) is 15.8. The van der Waals surface area contributed by atoms with Gasteiger partial charge < -0.3 is 14.9 Å². The molecule has 0 amide bonds. The number of hydrogen-bond donors (Lipinski definition) is 3. The van der Waals surface area contributed by atoms with Crippen molar-refractivity contribution >= 4 is 5.97 Å². The van der Waals surface area contributed by atoms with Gasteiger partial charge in [0.25, 0.3) is 5.56 Å². The number of carboxylic acids is 1. The summed E-state index contributed by atoms with van der Waals surface area (Å²) < 4.78 is 6.38. The van der Waals surface area contributed by atoms with Gasteiger partial charge in [0.15, 0.2) is 6.23 Å². The maximum atomic E-state index is 11.7. The van der Waals surface area contributed by atoms with E-state index in [1.54, 1.807) is 0 Å². The van der Waals surface area contributed by atoms with Crippen molar-refractivity contribution in [3.63, 3.8) is 0 Å². The summed E-state index contributed by atoms with van der Waals surface area (Å²) in [6.45, 7) is -0.176. The molecule has 0 saturated carbocycles. The molecule has 3 N–H and O–H groups in total. The molecule has 1 aliphatic heterocycles. The molecular weight excluding hydrogens is 298 g/mol. The number of aliphatic hydroxyl groups is 1. The number of aliphatic hydroxyl groups excluding tert-OH is 1. The van der Waals surface area contributed by atoms with E-state index < -0.39 is 48.0 Å². The number of ether oxygens (including phenoxy) is 1. The Labute approximate surface area is 122 Å². The molecule has 0 bridgehead atoms. The molecule has 2 rings (SSSR count). The SMILES string of the molecule is [N-]=[N+]=NC[C@H]1[C@@H](O)[C@H](n2ccc(=O)[nH]c2=O)O[C@@H]1CC(=O)O. The summed E-state index contributed by atoms with van der Waals surface area (Å²) in [5.41, 5.74) is 6.96. The van der Waals surface area contributed by atoms with E-state index in [1.807, 2.05) is 4.98 Å². The lowest BCUT2D eigenvalue weighted by Gasteiger charge is -2.17. The van der Waals surface area contributed by atoms with Gasteiger partial charge in [0.2, 0.25) is 0 Å². The molecule has 2 heterocycles. The molecule has 4 atom stereocenters. The fraction of sp³-hybridized carbons (Fsp3) is 0.545. The second-order valence-electron chi connectivity index (χ2n) is 4.75. The second-order valence-corrected chi connectivity index (χ2v) is 4.75. The van der Waals surface area contributed by atoms with Crippen LogP contribution in [0.25, 0.3) is 10.4 Å². The highest BCUT2D eigenvalue weighted by molar-refractivity contribution is 5.67. The van der Waals surface area contributed by atoms with Crippen LogP contribution in [0.3, 0.4) is 0 Å². The van der Waals surface area contributed by atoms with Gasteiger partial charge in [-0.3, -0.25) is 19.1 Å². The minimum Gasteiger partial charge on any atom is -0.481 e. The third kappa shape index (κ3) is 3.17. The van der Waals surface area contributed by atoms with Gasteiger partial charge in [0.1, 0.15) is 6.10 Å². The molecule has 1 aromatic rings. The number of H-pyrrole nitrogens is 1. The van der Waals surface area contributed by atoms with Crippen LogP contribution in [-0.4, -0.2) is 44.5 Å².